The Morgan fingerprint density at radius 1 is 0.375 bits per heavy atom. The van der Waals surface area contributed by atoms with Crippen LogP contribution in [0.1, 0.15) is 0 Å². The van der Waals surface area contributed by atoms with Gasteiger partial charge in [-0.2, -0.15) is 0 Å². The number of benzene rings is 3. The molecule has 0 spiro atoms. The topological polar surface area (TPSA) is 25.8 Å². The third-order valence-electron chi connectivity index (χ3n) is 4.78. The molecular weight excluding hydrogens is 579 g/mol. The van der Waals surface area contributed by atoms with E-state index in [4.69, 9.17) is 0 Å². The van der Waals surface area contributed by atoms with Crippen LogP contribution in [-0.2, 0) is 21.1 Å². The number of hydrogen-bond acceptors (Lipinski definition) is 2. The summed E-state index contributed by atoms with van der Waals surface area (Å²) in [5.41, 5.74) is 1.83. The number of aromatic nitrogens is 2. The van der Waals surface area contributed by atoms with E-state index >= 15 is 0 Å². The molecule has 32 heavy (non-hydrogen) atoms. The smallest absolute Gasteiger partial charge is 0.102 e. The standard InChI is InChI=1S/C18H15P.C10H8N2.W/c1-4-10-16(11-5-1)19(17-12-6-2-7-13-17)18-14-8-3-9-15-18;1-3-7-11-9(5-1)10-6-2-4-8-12-10;/h1-15H;1-8H;/p+1. The van der Waals surface area contributed by atoms with Gasteiger partial charge in [-0.3, -0.25) is 9.97 Å². The van der Waals surface area contributed by atoms with Crippen LogP contribution in [0.25, 0.3) is 11.4 Å². The van der Waals surface area contributed by atoms with E-state index in [0.29, 0.717) is 0 Å². The summed E-state index contributed by atoms with van der Waals surface area (Å²) in [7, 11) is -0.877. The van der Waals surface area contributed by atoms with Crippen molar-refractivity contribution in [3.05, 3.63) is 140 Å². The van der Waals surface area contributed by atoms with E-state index in [-0.39, 0.29) is 21.1 Å². The van der Waals surface area contributed by atoms with Gasteiger partial charge < -0.3 is 0 Å². The molecule has 5 rings (SSSR count). The summed E-state index contributed by atoms with van der Waals surface area (Å²) < 4.78 is 0. The molecule has 0 aliphatic heterocycles. The van der Waals surface area contributed by atoms with Crippen molar-refractivity contribution in [3.63, 3.8) is 0 Å². The molecule has 0 fully saturated rings. The summed E-state index contributed by atoms with van der Waals surface area (Å²) in [6.45, 7) is 0. The van der Waals surface area contributed by atoms with E-state index in [1.165, 1.54) is 15.9 Å². The minimum absolute atomic E-state index is 0. The van der Waals surface area contributed by atoms with Crippen LogP contribution in [0.15, 0.2) is 140 Å². The zero-order valence-electron chi connectivity index (χ0n) is 17.6. The van der Waals surface area contributed by atoms with Gasteiger partial charge in [0.2, 0.25) is 0 Å². The van der Waals surface area contributed by atoms with Crippen molar-refractivity contribution >= 4 is 23.8 Å². The third kappa shape index (κ3) is 6.54. The molecule has 0 bridgehead atoms. The maximum Gasteiger partial charge on any atom is 0.102 e. The van der Waals surface area contributed by atoms with E-state index in [9.17, 15) is 0 Å². The zero-order chi connectivity index (χ0) is 21.1. The molecule has 2 aromatic heterocycles. The second-order valence-corrected chi connectivity index (χ2v) is 9.39. The molecule has 3 aromatic carbocycles. The van der Waals surface area contributed by atoms with E-state index in [1.54, 1.807) is 12.4 Å². The van der Waals surface area contributed by atoms with Crippen LogP contribution in [0.5, 0.6) is 0 Å². The second kappa shape index (κ2) is 12.8. The molecule has 5 aromatic rings. The van der Waals surface area contributed by atoms with E-state index in [1.807, 2.05) is 36.4 Å². The Morgan fingerprint density at radius 2 is 0.688 bits per heavy atom. The Hall–Kier alpha value is -2.92. The number of rotatable bonds is 4. The van der Waals surface area contributed by atoms with Gasteiger partial charge in [-0.25, -0.2) is 0 Å². The van der Waals surface area contributed by atoms with Gasteiger partial charge in [-0.15, -0.1) is 0 Å². The first kappa shape index (κ1) is 23.7. The van der Waals surface area contributed by atoms with Crippen LogP contribution in [0.2, 0.25) is 0 Å². The van der Waals surface area contributed by atoms with Gasteiger partial charge >= 0.3 is 0 Å². The van der Waals surface area contributed by atoms with Crippen molar-refractivity contribution in [2.24, 2.45) is 0 Å². The summed E-state index contributed by atoms with van der Waals surface area (Å²) >= 11 is 0. The first-order valence-corrected chi connectivity index (χ1v) is 11.8. The van der Waals surface area contributed by atoms with Gasteiger partial charge in [0.25, 0.3) is 0 Å². The van der Waals surface area contributed by atoms with Crippen molar-refractivity contribution in [2.75, 3.05) is 0 Å². The van der Waals surface area contributed by atoms with Crippen molar-refractivity contribution in [1.82, 2.24) is 9.97 Å². The molecule has 0 saturated heterocycles. The van der Waals surface area contributed by atoms with Crippen molar-refractivity contribution < 1.29 is 21.1 Å². The predicted octanol–water partition coefficient (Wildman–Crippen LogP) is 5.32. The first-order valence-electron chi connectivity index (χ1n) is 10.3. The summed E-state index contributed by atoms with van der Waals surface area (Å²) in [6.07, 6.45) is 3.54. The average Bonchev–Trinajstić information content (AvgIpc) is 2.88. The quantitative estimate of drug-likeness (QED) is 0.260. The molecule has 0 aliphatic carbocycles. The molecule has 2 heterocycles. The normalized spacial score (nSPS) is 9.91. The predicted molar refractivity (Wildman–Crippen MR) is 134 cm³/mol. The molecular formula is C28H24N2PW+. The van der Waals surface area contributed by atoms with Gasteiger partial charge in [0.15, 0.2) is 0 Å². The van der Waals surface area contributed by atoms with Crippen molar-refractivity contribution in [1.29, 1.82) is 0 Å². The van der Waals surface area contributed by atoms with Gasteiger partial charge in [0.1, 0.15) is 15.9 Å². The molecule has 156 valence electrons. The Balaban J connectivity index is 0.000000193. The van der Waals surface area contributed by atoms with Gasteiger partial charge in [0, 0.05) is 33.5 Å². The molecule has 4 heteroatoms. The van der Waals surface area contributed by atoms with Crippen molar-refractivity contribution in [3.8, 4) is 11.4 Å². The molecule has 0 amide bonds. The number of nitrogens with zero attached hydrogens (tertiary/aromatic N) is 2. The van der Waals surface area contributed by atoms with Gasteiger partial charge in [-0.1, -0.05) is 66.7 Å². The van der Waals surface area contributed by atoms with Crippen LogP contribution in [0.4, 0.5) is 0 Å². The van der Waals surface area contributed by atoms with Gasteiger partial charge in [-0.05, 0) is 60.7 Å². The SMILES string of the molecule is [W].c1ccc(-c2ccccn2)nc1.c1ccc([PH+](c2ccccc2)c2ccccc2)cc1. The monoisotopic (exact) mass is 603 g/mol. The van der Waals surface area contributed by atoms with E-state index < -0.39 is 7.92 Å². The first-order chi connectivity index (χ1) is 15.4. The minimum atomic E-state index is -0.877. The van der Waals surface area contributed by atoms with Crippen LogP contribution < -0.4 is 15.9 Å². The van der Waals surface area contributed by atoms with Crippen LogP contribution in [0, 0.1) is 0 Å². The third-order valence-corrected chi connectivity index (χ3v) is 7.51. The molecule has 0 aliphatic rings. The number of hydrogen-bond donors (Lipinski definition) is 0. The fraction of sp³-hybridized carbons (Fsp3) is 0. The van der Waals surface area contributed by atoms with Crippen molar-refractivity contribution in [2.45, 2.75) is 0 Å². The summed E-state index contributed by atoms with van der Waals surface area (Å²) in [5.74, 6) is 0. The molecule has 0 unspecified atom stereocenters. The average molecular weight is 603 g/mol. The zero-order valence-corrected chi connectivity index (χ0v) is 21.5. The number of pyridine rings is 2. The van der Waals surface area contributed by atoms with E-state index in [0.717, 1.165) is 11.4 Å². The fourth-order valence-corrected chi connectivity index (χ4v) is 5.92. The Labute approximate surface area is 205 Å². The molecule has 2 nitrogen and oxygen atoms in total. The summed E-state index contributed by atoms with van der Waals surface area (Å²) in [4.78, 5) is 8.37. The molecule has 0 atom stereocenters. The molecule has 0 radical (unpaired) electrons. The largest absolute Gasteiger partial charge is 0.255 e. The summed E-state index contributed by atoms with van der Waals surface area (Å²) in [5, 5.41) is 4.31. The van der Waals surface area contributed by atoms with Gasteiger partial charge in [0.05, 0.1) is 19.3 Å². The Kier molecular flexibility index (Phi) is 9.51. The fourth-order valence-electron chi connectivity index (χ4n) is 3.34. The second-order valence-electron chi connectivity index (χ2n) is 6.90. The van der Waals surface area contributed by atoms with Crippen LogP contribution >= 0.6 is 7.92 Å². The Bertz CT molecular complexity index is 1030. The Morgan fingerprint density at radius 3 is 0.969 bits per heavy atom. The molecule has 0 saturated carbocycles. The van der Waals surface area contributed by atoms with Crippen LogP contribution in [0.3, 0.4) is 0 Å². The summed E-state index contributed by atoms with van der Waals surface area (Å²) in [6, 6.07) is 44.1. The minimum Gasteiger partial charge on any atom is -0.255 e. The maximum atomic E-state index is 4.19. The van der Waals surface area contributed by atoms with Crippen LogP contribution in [-0.4, -0.2) is 9.97 Å². The maximum absolute atomic E-state index is 4.19. The molecule has 0 N–H and O–H groups in total. The van der Waals surface area contributed by atoms with E-state index in [2.05, 4.69) is 101 Å².